The Morgan fingerprint density at radius 1 is 0.844 bits per heavy atom. The van der Waals surface area contributed by atoms with Gasteiger partial charge < -0.3 is 9.64 Å². The van der Waals surface area contributed by atoms with Crippen molar-refractivity contribution >= 4 is 23.4 Å². The fourth-order valence-corrected chi connectivity index (χ4v) is 4.34. The van der Waals surface area contributed by atoms with Crippen LogP contribution in [0.25, 0.3) is 11.1 Å². The van der Waals surface area contributed by atoms with Gasteiger partial charge in [0.1, 0.15) is 5.75 Å². The number of amides is 1. The highest BCUT2D eigenvalue weighted by Crippen LogP contribution is 2.30. The quantitative estimate of drug-likeness (QED) is 0.292. The van der Waals surface area contributed by atoms with Gasteiger partial charge in [-0.05, 0) is 47.2 Å². The van der Waals surface area contributed by atoms with E-state index < -0.39 is 0 Å². The molecule has 4 heteroatoms. The number of ether oxygens (including phenoxy) is 1. The van der Waals surface area contributed by atoms with Gasteiger partial charge in [0.05, 0.1) is 19.2 Å². The number of hydrogen-bond donors (Lipinski definition) is 0. The van der Waals surface area contributed by atoms with Gasteiger partial charge in [-0.1, -0.05) is 72.8 Å². The fourth-order valence-electron chi connectivity index (χ4n) is 3.75. The molecule has 4 rings (SSSR count). The van der Waals surface area contributed by atoms with Gasteiger partial charge in [0.25, 0.3) is 5.91 Å². The van der Waals surface area contributed by atoms with Gasteiger partial charge in [-0.15, -0.1) is 11.8 Å². The van der Waals surface area contributed by atoms with E-state index >= 15 is 0 Å². The van der Waals surface area contributed by atoms with Gasteiger partial charge in [-0.25, -0.2) is 0 Å². The minimum absolute atomic E-state index is 0.0360. The predicted octanol–water partition coefficient (Wildman–Crippen LogP) is 6.93. The van der Waals surface area contributed by atoms with Crippen molar-refractivity contribution in [3.63, 3.8) is 0 Å². The summed E-state index contributed by atoms with van der Waals surface area (Å²) in [6.45, 7) is 0.444. The topological polar surface area (TPSA) is 29.5 Å². The SMILES string of the molecule is COc1cccc(N(Cc2ccccc2-c2ccccc2)C(=O)c2ccccc2SC)c1. The van der Waals surface area contributed by atoms with Crippen molar-refractivity contribution < 1.29 is 9.53 Å². The fraction of sp³-hybridized carbons (Fsp3) is 0.107. The number of carbonyl (C=O) groups is 1. The van der Waals surface area contributed by atoms with E-state index in [4.69, 9.17) is 4.74 Å². The number of benzene rings is 4. The molecular formula is C28H25NO2S. The molecule has 0 saturated heterocycles. The maximum atomic E-state index is 13.8. The van der Waals surface area contributed by atoms with Crippen molar-refractivity contribution in [3.8, 4) is 16.9 Å². The summed E-state index contributed by atoms with van der Waals surface area (Å²) in [5.41, 5.74) is 4.82. The molecule has 0 aliphatic carbocycles. The summed E-state index contributed by atoms with van der Waals surface area (Å²) in [5.74, 6) is 0.681. The minimum Gasteiger partial charge on any atom is -0.497 e. The minimum atomic E-state index is -0.0360. The number of hydrogen-bond acceptors (Lipinski definition) is 3. The number of anilines is 1. The molecule has 4 aromatic rings. The van der Waals surface area contributed by atoms with E-state index in [1.807, 2.05) is 90.0 Å². The van der Waals surface area contributed by atoms with Gasteiger partial charge in [0.2, 0.25) is 0 Å². The average molecular weight is 440 g/mol. The largest absolute Gasteiger partial charge is 0.497 e. The molecule has 0 spiro atoms. The maximum absolute atomic E-state index is 13.8. The standard InChI is InChI=1S/C28H25NO2S/c1-31-24-15-10-14-23(19-24)29(28(30)26-17-8-9-18-27(26)32-2)20-22-13-6-7-16-25(22)21-11-4-3-5-12-21/h3-19H,20H2,1-2H3. The first-order valence-electron chi connectivity index (χ1n) is 10.4. The Morgan fingerprint density at radius 3 is 2.34 bits per heavy atom. The van der Waals surface area contributed by atoms with Crippen LogP contribution in [0.2, 0.25) is 0 Å². The van der Waals surface area contributed by atoms with Crippen molar-refractivity contribution in [1.29, 1.82) is 0 Å². The molecule has 0 fully saturated rings. The zero-order chi connectivity index (χ0) is 22.3. The second-order valence-electron chi connectivity index (χ2n) is 7.32. The Balaban J connectivity index is 1.80. The molecule has 0 radical (unpaired) electrons. The number of rotatable bonds is 7. The molecule has 0 N–H and O–H groups in total. The van der Waals surface area contributed by atoms with Gasteiger partial charge in [0, 0.05) is 16.6 Å². The van der Waals surface area contributed by atoms with Gasteiger partial charge >= 0.3 is 0 Å². The molecule has 4 aromatic carbocycles. The van der Waals surface area contributed by atoms with Crippen LogP contribution in [0.4, 0.5) is 5.69 Å². The molecule has 0 saturated carbocycles. The molecule has 0 aliphatic rings. The summed E-state index contributed by atoms with van der Waals surface area (Å²) in [6.07, 6.45) is 1.99. The molecule has 0 atom stereocenters. The first-order valence-corrected chi connectivity index (χ1v) is 11.7. The number of thioether (sulfide) groups is 1. The summed E-state index contributed by atoms with van der Waals surface area (Å²) in [4.78, 5) is 16.6. The average Bonchev–Trinajstić information content (AvgIpc) is 2.87. The lowest BCUT2D eigenvalue weighted by molar-refractivity contribution is 0.0982. The third-order valence-electron chi connectivity index (χ3n) is 5.38. The van der Waals surface area contributed by atoms with E-state index in [0.29, 0.717) is 12.1 Å². The second kappa shape index (κ2) is 10.2. The molecule has 0 aromatic heterocycles. The van der Waals surface area contributed by atoms with E-state index in [0.717, 1.165) is 33.0 Å². The molecule has 1 amide bonds. The highest BCUT2D eigenvalue weighted by atomic mass is 32.2. The van der Waals surface area contributed by atoms with Crippen LogP contribution in [0.3, 0.4) is 0 Å². The lowest BCUT2D eigenvalue weighted by Crippen LogP contribution is -2.31. The van der Waals surface area contributed by atoms with Crippen LogP contribution in [-0.2, 0) is 6.54 Å². The maximum Gasteiger partial charge on any atom is 0.259 e. The molecule has 0 unspecified atom stereocenters. The Morgan fingerprint density at radius 2 is 1.56 bits per heavy atom. The molecule has 0 aliphatic heterocycles. The summed E-state index contributed by atoms with van der Waals surface area (Å²) < 4.78 is 5.44. The Kier molecular flexibility index (Phi) is 6.93. The van der Waals surface area contributed by atoms with E-state index in [9.17, 15) is 4.79 Å². The first-order chi connectivity index (χ1) is 15.7. The van der Waals surface area contributed by atoms with Crippen LogP contribution < -0.4 is 9.64 Å². The molecule has 160 valence electrons. The predicted molar refractivity (Wildman–Crippen MR) is 134 cm³/mol. The van der Waals surface area contributed by atoms with Crippen LogP contribution >= 0.6 is 11.8 Å². The van der Waals surface area contributed by atoms with Crippen LogP contribution in [-0.4, -0.2) is 19.3 Å². The lowest BCUT2D eigenvalue weighted by Gasteiger charge is -2.25. The monoisotopic (exact) mass is 439 g/mol. The third kappa shape index (κ3) is 4.71. The molecule has 0 heterocycles. The molecule has 32 heavy (non-hydrogen) atoms. The summed E-state index contributed by atoms with van der Waals surface area (Å²) in [6, 6.07) is 33.9. The molecular weight excluding hydrogens is 414 g/mol. The van der Waals surface area contributed by atoms with Crippen molar-refractivity contribution in [2.24, 2.45) is 0 Å². The van der Waals surface area contributed by atoms with Crippen LogP contribution in [0.15, 0.2) is 108 Å². The third-order valence-corrected chi connectivity index (χ3v) is 6.17. The van der Waals surface area contributed by atoms with Crippen molar-refractivity contribution in [2.75, 3.05) is 18.3 Å². The normalized spacial score (nSPS) is 10.6. The summed E-state index contributed by atoms with van der Waals surface area (Å²) in [5, 5.41) is 0. The zero-order valence-corrected chi connectivity index (χ0v) is 19.0. The van der Waals surface area contributed by atoms with E-state index in [2.05, 4.69) is 24.3 Å². The van der Waals surface area contributed by atoms with Crippen molar-refractivity contribution in [2.45, 2.75) is 11.4 Å². The zero-order valence-electron chi connectivity index (χ0n) is 18.2. The van der Waals surface area contributed by atoms with Crippen molar-refractivity contribution in [3.05, 3.63) is 114 Å². The molecule has 0 bridgehead atoms. The van der Waals surface area contributed by atoms with E-state index in [1.165, 1.54) is 0 Å². The first kappa shape index (κ1) is 21.7. The Hall–Kier alpha value is -3.50. The number of carbonyl (C=O) groups excluding carboxylic acids is 1. The number of methoxy groups -OCH3 is 1. The van der Waals surface area contributed by atoms with Crippen LogP contribution in [0.5, 0.6) is 5.75 Å². The van der Waals surface area contributed by atoms with Gasteiger partial charge in [-0.3, -0.25) is 4.79 Å². The van der Waals surface area contributed by atoms with E-state index in [1.54, 1.807) is 18.9 Å². The van der Waals surface area contributed by atoms with Crippen LogP contribution in [0.1, 0.15) is 15.9 Å². The highest BCUT2D eigenvalue weighted by Gasteiger charge is 2.22. The van der Waals surface area contributed by atoms with Crippen LogP contribution in [0, 0.1) is 0 Å². The van der Waals surface area contributed by atoms with Gasteiger partial charge in [0.15, 0.2) is 0 Å². The number of nitrogens with zero attached hydrogens (tertiary/aromatic N) is 1. The Bertz CT molecular complexity index is 1210. The van der Waals surface area contributed by atoms with Gasteiger partial charge in [-0.2, -0.15) is 0 Å². The van der Waals surface area contributed by atoms with Crippen molar-refractivity contribution in [1.82, 2.24) is 0 Å². The lowest BCUT2D eigenvalue weighted by atomic mass is 9.99. The second-order valence-corrected chi connectivity index (χ2v) is 8.16. The van der Waals surface area contributed by atoms with E-state index in [-0.39, 0.29) is 5.91 Å². The summed E-state index contributed by atoms with van der Waals surface area (Å²) in [7, 11) is 1.64. The Labute approximate surface area is 193 Å². The smallest absolute Gasteiger partial charge is 0.259 e. The highest BCUT2D eigenvalue weighted by molar-refractivity contribution is 7.98. The summed E-state index contributed by atoms with van der Waals surface area (Å²) >= 11 is 1.58. The molecule has 3 nitrogen and oxygen atoms in total.